The summed E-state index contributed by atoms with van der Waals surface area (Å²) in [5.74, 6) is 0.802. The first-order valence-corrected chi connectivity index (χ1v) is 11.5. The monoisotopic (exact) mass is 480 g/mol. The number of methoxy groups -OCH3 is 2. The number of rotatable bonds is 9. The van der Waals surface area contributed by atoms with Crippen molar-refractivity contribution in [3.63, 3.8) is 0 Å². The Morgan fingerprint density at radius 3 is 1.31 bits per heavy atom. The Balaban J connectivity index is 1.81. The number of benzene rings is 4. The van der Waals surface area contributed by atoms with Crippen LogP contribution in [-0.2, 0) is 0 Å². The van der Waals surface area contributed by atoms with Gasteiger partial charge >= 0.3 is 0 Å². The van der Waals surface area contributed by atoms with Crippen LogP contribution in [-0.4, -0.2) is 36.9 Å². The molecule has 6 nitrogen and oxygen atoms in total. The summed E-state index contributed by atoms with van der Waals surface area (Å²) >= 11 is 0. The van der Waals surface area contributed by atoms with Gasteiger partial charge in [0.15, 0.2) is 23.0 Å². The van der Waals surface area contributed by atoms with E-state index in [0.29, 0.717) is 22.6 Å². The topological polar surface area (TPSA) is 83.6 Å². The minimum atomic E-state index is -0.414. The van der Waals surface area contributed by atoms with Gasteiger partial charge < -0.3 is 19.7 Å². The lowest BCUT2D eigenvalue weighted by atomic mass is 9.94. The highest BCUT2D eigenvalue weighted by Crippen LogP contribution is 2.37. The first-order chi connectivity index (χ1) is 17.6. The molecule has 6 heteroatoms. The number of hydrogen-bond donors (Lipinski definition) is 2. The molecule has 36 heavy (non-hydrogen) atoms. The van der Waals surface area contributed by atoms with Gasteiger partial charge in [-0.1, -0.05) is 72.8 Å². The van der Waals surface area contributed by atoms with E-state index < -0.39 is 12.1 Å². The molecule has 0 spiro atoms. The summed E-state index contributed by atoms with van der Waals surface area (Å²) in [7, 11) is 3.02. The van der Waals surface area contributed by atoms with Crippen molar-refractivity contribution in [2.75, 3.05) is 14.2 Å². The summed E-state index contributed by atoms with van der Waals surface area (Å²) in [6.07, 6.45) is 3.29. The third-order valence-electron chi connectivity index (χ3n) is 5.83. The van der Waals surface area contributed by atoms with Crippen LogP contribution in [0.4, 0.5) is 0 Å². The van der Waals surface area contributed by atoms with Crippen molar-refractivity contribution < 1.29 is 19.7 Å². The number of phenolic OH excluding ortho intramolecular Hbond substituents is 2. The van der Waals surface area contributed by atoms with Gasteiger partial charge in [0.25, 0.3) is 0 Å². The molecule has 0 aliphatic rings. The number of aromatic hydroxyl groups is 2. The summed E-state index contributed by atoms with van der Waals surface area (Å²) in [5.41, 5.74) is 2.99. The molecule has 0 fully saturated rings. The first-order valence-electron chi connectivity index (χ1n) is 11.5. The molecule has 4 aromatic rings. The molecular formula is C30H28N2O4. The summed E-state index contributed by atoms with van der Waals surface area (Å²) in [4.78, 5) is 9.81. The van der Waals surface area contributed by atoms with Gasteiger partial charge in [0.1, 0.15) is 12.1 Å². The molecule has 0 saturated carbocycles. The number of phenols is 2. The highest BCUT2D eigenvalue weighted by Gasteiger charge is 2.24. The lowest BCUT2D eigenvalue weighted by molar-refractivity contribution is 0.373. The lowest BCUT2D eigenvalue weighted by Gasteiger charge is -2.22. The standard InChI is InChI=1S/C30H28N2O4/c1-35-25-17-9-15-23(29(25)33)19-31-27(21-11-5-3-6-12-21)28(22-13-7-4-8-14-22)32-20-24-16-10-18-26(36-2)30(24)34/h3-20,27-28,33-34H,1-2H3. The summed E-state index contributed by atoms with van der Waals surface area (Å²) in [6, 6.07) is 29.5. The number of hydrogen-bond acceptors (Lipinski definition) is 6. The maximum atomic E-state index is 10.6. The van der Waals surface area contributed by atoms with Gasteiger partial charge in [0.2, 0.25) is 0 Å². The van der Waals surface area contributed by atoms with Gasteiger partial charge in [-0.05, 0) is 35.4 Å². The minimum Gasteiger partial charge on any atom is -0.504 e. The second-order valence-electron chi connectivity index (χ2n) is 8.06. The molecule has 0 aromatic heterocycles. The quantitative estimate of drug-likeness (QED) is 0.282. The van der Waals surface area contributed by atoms with Gasteiger partial charge in [-0.25, -0.2) is 0 Å². The zero-order valence-corrected chi connectivity index (χ0v) is 20.2. The number of para-hydroxylation sites is 2. The van der Waals surface area contributed by atoms with Gasteiger partial charge in [0.05, 0.1) is 14.2 Å². The molecular weight excluding hydrogens is 452 g/mol. The Labute approximate surface area is 210 Å². The van der Waals surface area contributed by atoms with Crippen molar-refractivity contribution in [1.82, 2.24) is 0 Å². The first kappa shape index (κ1) is 24.5. The van der Waals surface area contributed by atoms with Crippen LogP contribution >= 0.6 is 0 Å². The molecule has 2 unspecified atom stereocenters. The van der Waals surface area contributed by atoms with E-state index in [4.69, 9.17) is 19.5 Å². The van der Waals surface area contributed by atoms with E-state index in [1.807, 2.05) is 60.7 Å². The molecule has 2 atom stereocenters. The number of nitrogens with zero attached hydrogens (tertiary/aromatic N) is 2. The Morgan fingerprint density at radius 1 is 0.556 bits per heavy atom. The third kappa shape index (κ3) is 5.55. The van der Waals surface area contributed by atoms with Crippen LogP contribution < -0.4 is 9.47 Å². The average Bonchev–Trinajstić information content (AvgIpc) is 2.93. The Bertz CT molecular complexity index is 1230. The molecule has 0 aliphatic heterocycles. The molecule has 2 N–H and O–H groups in total. The Morgan fingerprint density at radius 2 is 0.944 bits per heavy atom. The van der Waals surface area contributed by atoms with Crippen molar-refractivity contribution in [3.8, 4) is 23.0 Å². The maximum Gasteiger partial charge on any atom is 0.166 e. The van der Waals surface area contributed by atoms with E-state index in [1.54, 1.807) is 48.8 Å². The van der Waals surface area contributed by atoms with Crippen LogP contribution in [0.5, 0.6) is 23.0 Å². The molecule has 4 rings (SSSR count). The molecule has 0 saturated heterocycles. The van der Waals surface area contributed by atoms with E-state index >= 15 is 0 Å². The van der Waals surface area contributed by atoms with Gasteiger partial charge in [-0.2, -0.15) is 0 Å². The SMILES string of the molecule is COc1cccc(C=NC(c2ccccc2)C(N=Cc2cccc(OC)c2O)c2ccccc2)c1O. The average molecular weight is 481 g/mol. The van der Waals surface area contributed by atoms with E-state index in [0.717, 1.165) is 11.1 Å². The van der Waals surface area contributed by atoms with Crippen LogP contribution in [0.2, 0.25) is 0 Å². The fourth-order valence-corrected chi connectivity index (χ4v) is 3.94. The van der Waals surface area contributed by atoms with Crippen molar-refractivity contribution in [2.45, 2.75) is 12.1 Å². The Kier molecular flexibility index (Phi) is 7.98. The van der Waals surface area contributed by atoms with E-state index in [2.05, 4.69) is 0 Å². The predicted octanol–water partition coefficient (Wildman–Crippen LogP) is 6.14. The third-order valence-corrected chi connectivity index (χ3v) is 5.83. The number of aliphatic imine (C=N–C) groups is 2. The smallest absolute Gasteiger partial charge is 0.166 e. The minimum absolute atomic E-state index is 0.0247. The van der Waals surface area contributed by atoms with Crippen molar-refractivity contribution in [2.24, 2.45) is 9.98 Å². The summed E-state index contributed by atoms with van der Waals surface area (Å²) < 4.78 is 10.5. The molecule has 4 aromatic carbocycles. The summed E-state index contributed by atoms with van der Waals surface area (Å²) in [5, 5.41) is 21.1. The highest BCUT2D eigenvalue weighted by atomic mass is 16.5. The van der Waals surface area contributed by atoms with Gasteiger partial charge in [0, 0.05) is 23.6 Å². The van der Waals surface area contributed by atoms with Crippen molar-refractivity contribution in [3.05, 3.63) is 119 Å². The second kappa shape index (κ2) is 11.7. The molecule has 0 aliphatic carbocycles. The van der Waals surface area contributed by atoms with Crippen LogP contribution in [0.15, 0.2) is 107 Å². The zero-order chi connectivity index (χ0) is 25.3. The van der Waals surface area contributed by atoms with Crippen LogP contribution in [0, 0.1) is 0 Å². The van der Waals surface area contributed by atoms with Crippen molar-refractivity contribution in [1.29, 1.82) is 0 Å². The fraction of sp³-hybridized carbons (Fsp3) is 0.133. The molecule has 0 amide bonds. The molecule has 0 radical (unpaired) electrons. The Hall–Kier alpha value is -4.58. The van der Waals surface area contributed by atoms with Crippen molar-refractivity contribution >= 4 is 12.4 Å². The van der Waals surface area contributed by atoms with E-state index in [9.17, 15) is 10.2 Å². The van der Waals surface area contributed by atoms with Crippen LogP contribution in [0.3, 0.4) is 0 Å². The second-order valence-corrected chi connectivity index (χ2v) is 8.06. The maximum absolute atomic E-state index is 10.6. The van der Waals surface area contributed by atoms with E-state index in [1.165, 1.54) is 14.2 Å². The molecule has 182 valence electrons. The number of ether oxygens (including phenoxy) is 2. The fourth-order valence-electron chi connectivity index (χ4n) is 3.94. The molecule has 0 bridgehead atoms. The van der Waals surface area contributed by atoms with Gasteiger partial charge in [-0.15, -0.1) is 0 Å². The largest absolute Gasteiger partial charge is 0.504 e. The normalized spacial score (nSPS) is 13.1. The highest BCUT2D eigenvalue weighted by molar-refractivity contribution is 5.86. The predicted molar refractivity (Wildman–Crippen MR) is 143 cm³/mol. The van der Waals surface area contributed by atoms with Crippen LogP contribution in [0.25, 0.3) is 0 Å². The lowest BCUT2D eigenvalue weighted by Crippen LogP contribution is -2.09. The van der Waals surface area contributed by atoms with E-state index in [-0.39, 0.29) is 11.5 Å². The summed E-state index contributed by atoms with van der Waals surface area (Å²) in [6.45, 7) is 0. The zero-order valence-electron chi connectivity index (χ0n) is 20.2. The molecule has 0 heterocycles. The van der Waals surface area contributed by atoms with Gasteiger partial charge in [-0.3, -0.25) is 9.98 Å². The van der Waals surface area contributed by atoms with Crippen LogP contribution in [0.1, 0.15) is 34.3 Å².